The Morgan fingerprint density at radius 3 is 1.79 bits per heavy atom. The van der Waals surface area contributed by atoms with Gasteiger partial charge in [-0.3, -0.25) is 19.2 Å². The van der Waals surface area contributed by atoms with Gasteiger partial charge in [0.15, 0.2) is 0 Å². The van der Waals surface area contributed by atoms with E-state index >= 15 is 0 Å². The van der Waals surface area contributed by atoms with Gasteiger partial charge in [-0.15, -0.1) is 0 Å². The third-order valence-corrected chi connectivity index (χ3v) is 6.92. The van der Waals surface area contributed by atoms with Gasteiger partial charge in [0.2, 0.25) is 17.7 Å². The summed E-state index contributed by atoms with van der Waals surface area (Å²) in [6, 6.07) is 3.28. The van der Waals surface area contributed by atoms with Gasteiger partial charge >= 0.3 is 12.4 Å². The first-order valence-corrected chi connectivity index (χ1v) is 14.2. The lowest BCUT2D eigenvalue weighted by molar-refractivity contribution is -0.140. The minimum absolute atomic E-state index is 0.0881. The number of aliphatic hydroxyl groups is 1. The minimum Gasteiger partial charge on any atom is -0.386 e. The van der Waals surface area contributed by atoms with Crippen LogP contribution in [0.25, 0.3) is 0 Å². The van der Waals surface area contributed by atoms with Crippen LogP contribution in [0.2, 0.25) is 0 Å². The normalized spacial score (nSPS) is 13.7. The van der Waals surface area contributed by atoms with Crippen LogP contribution in [0, 0.1) is 0 Å². The zero-order valence-corrected chi connectivity index (χ0v) is 25.3. The first-order chi connectivity index (χ1) is 21.9. The molecule has 0 radical (unpaired) electrons. The van der Waals surface area contributed by atoms with Crippen molar-refractivity contribution in [1.29, 1.82) is 0 Å². The van der Waals surface area contributed by atoms with Gasteiger partial charge in [-0.2, -0.15) is 26.3 Å². The van der Waals surface area contributed by atoms with Crippen molar-refractivity contribution >= 4 is 23.6 Å². The molecule has 0 saturated heterocycles. The largest absolute Gasteiger partial charge is 0.416 e. The number of hydrogen-bond acceptors (Lipinski definition) is 8. The summed E-state index contributed by atoms with van der Waals surface area (Å²) in [6.07, 6.45) is -11.7. The molecular weight excluding hydrogens is 640 g/mol. The second-order valence-electron chi connectivity index (χ2n) is 10.4. The molecule has 18 heteroatoms. The fraction of sp³-hybridized carbons (Fsp3) is 0.448. The van der Waals surface area contributed by atoms with E-state index in [-0.39, 0.29) is 50.4 Å². The van der Waals surface area contributed by atoms with Gasteiger partial charge in [-0.05, 0) is 42.0 Å². The molecule has 4 amide bonds. The number of amides is 4. The van der Waals surface area contributed by atoms with Gasteiger partial charge in [-0.25, -0.2) is 0 Å². The molecule has 2 rings (SSSR count). The lowest BCUT2D eigenvalue weighted by Gasteiger charge is -2.29. The molecule has 0 spiro atoms. The Hall–Kier alpha value is -4.26. The topological polar surface area (TPSA) is 197 Å². The van der Waals surface area contributed by atoms with Crippen molar-refractivity contribution < 1.29 is 50.6 Å². The molecule has 2 aromatic carbocycles. The first-order valence-electron chi connectivity index (χ1n) is 14.2. The Morgan fingerprint density at radius 1 is 0.830 bits per heavy atom. The summed E-state index contributed by atoms with van der Waals surface area (Å²) in [6.45, 7) is 0.0529. The number of likely N-dealkylation sites (N-methyl/N-ethyl adjacent to an activating group) is 1. The molecule has 0 aliphatic rings. The highest BCUT2D eigenvalue weighted by molar-refractivity contribution is 5.94. The number of nitrogens with one attached hydrogen (secondary N) is 2. The summed E-state index contributed by atoms with van der Waals surface area (Å²) < 4.78 is 77.6. The number of aliphatic hydroxyl groups excluding tert-OH is 1. The fourth-order valence-electron chi connectivity index (χ4n) is 4.28. The van der Waals surface area contributed by atoms with Crippen LogP contribution in [0.4, 0.5) is 26.3 Å². The zero-order valence-electron chi connectivity index (χ0n) is 25.3. The summed E-state index contributed by atoms with van der Waals surface area (Å²) in [7, 11) is 1.24. The quantitative estimate of drug-likeness (QED) is 0.147. The number of nitrogens with two attached hydrogens (primary N) is 3. The third-order valence-electron chi connectivity index (χ3n) is 6.92. The predicted octanol–water partition coefficient (Wildman–Crippen LogP) is 0.594. The SMILES string of the molecule is CN(CCNC(=O)c1ccc(C(F)(F)F)cc1)C(=O)[C@@H](NC(=O)[C@@H](N)CC(=O)N(CCN)CCN)[C@H](O)c1ccc(C(F)(F)F)cc1. The first kappa shape index (κ1) is 38.9. The maximum Gasteiger partial charge on any atom is 0.416 e. The second-order valence-corrected chi connectivity index (χ2v) is 10.4. The summed E-state index contributed by atoms with van der Waals surface area (Å²) >= 11 is 0. The Labute approximate surface area is 266 Å². The lowest BCUT2D eigenvalue weighted by Crippen LogP contribution is -2.55. The van der Waals surface area contributed by atoms with Crippen molar-refractivity contribution in [2.75, 3.05) is 46.3 Å². The Kier molecular flexibility index (Phi) is 14.1. The molecule has 9 N–H and O–H groups in total. The molecule has 0 aliphatic heterocycles. The molecule has 260 valence electrons. The molecule has 3 atom stereocenters. The summed E-state index contributed by atoms with van der Waals surface area (Å²) in [5.74, 6) is -3.29. The van der Waals surface area contributed by atoms with Crippen LogP contribution in [0.15, 0.2) is 48.5 Å². The Balaban J connectivity index is 2.19. The summed E-state index contributed by atoms with van der Waals surface area (Å²) in [5.41, 5.74) is 14.7. The maximum atomic E-state index is 13.4. The molecule has 0 aliphatic carbocycles. The average molecular weight is 678 g/mol. The second kappa shape index (κ2) is 17.1. The van der Waals surface area contributed by atoms with Gasteiger partial charge in [0, 0.05) is 51.9 Å². The van der Waals surface area contributed by atoms with E-state index in [2.05, 4.69) is 10.6 Å². The highest BCUT2D eigenvalue weighted by Crippen LogP contribution is 2.31. The smallest absolute Gasteiger partial charge is 0.386 e. The molecule has 0 bridgehead atoms. The molecule has 0 saturated carbocycles. The number of alkyl halides is 6. The van der Waals surface area contributed by atoms with Gasteiger partial charge in [-0.1, -0.05) is 12.1 Å². The maximum absolute atomic E-state index is 13.4. The van der Waals surface area contributed by atoms with E-state index < -0.39 is 71.7 Å². The standard InChI is InChI=1S/C29H37F6N7O5/c1-41(15-12-39-25(45)18-4-8-20(9-5-18)29(33,34)35)27(47)23(24(44)17-2-6-19(7-3-17)28(30,31)32)40-26(46)21(38)16-22(43)42(13-10-36)14-11-37/h2-9,21,23-24,44H,10-16,36-38H2,1H3,(H,39,45)(H,40,46)/t21-,23-,24+/m0/s1. The zero-order chi connectivity index (χ0) is 35.5. The monoisotopic (exact) mass is 677 g/mol. The molecule has 47 heavy (non-hydrogen) atoms. The molecule has 2 aromatic rings. The van der Waals surface area contributed by atoms with E-state index in [9.17, 15) is 50.6 Å². The minimum atomic E-state index is -4.68. The summed E-state index contributed by atoms with van der Waals surface area (Å²) in [5, 5.41) is 15.7. The van der Waals surface area contributed by atoms with Crippen LogP contribution in [-0.2, 0) is 26.7 Å². The Morgan fingerprint density at radius 2 is 1.32 bits per heavy atom. The van der Waals surface area contributed by atoms with Crippen LogP contribution >= 0.6 is 0 Å². The Bertz CT molecular complexity index is 1350. The van der Waals surface area contributed by atoms with Crippen LogP contribution in [0.5, 0.6) is 0 Å². The number of halogens is 6. The fourth-order valence-corrected chi connectivity index (χ4v) is 4.28. The van der Waals surface area contributed by atoms with Crippen LogP contribution < -0.4 is 27.8 Å². The highest BCUT2D eigenvalue weighted by atomic mass is 19.4. The number of carbonyl (C=O) groups is 4. The average Bonchev–Trinajstić information content (AvgIpc) is 3.01. The van der Waals surface area contributed by atoms with Crippen LogP contribution in [0.3, 0.4) is 0 Å². The van der Waals surface area contributed by atoms with E-state index in [0.717, 1.165) is 41.3 Å². The number of benzene rings is 2. The van der Waals surface area contributed by atoms with E-state index in [0.29, 0.717) is 12.1 Å². The van der Waals surface area contributed by atoms with Crippen molar-refractivity contribution in [3.63, 3.8) is 0 Å². The van der Waals surface area contributed by atoms with Crippen molar-refractivity contribution in [3.8, 4) is 0 Å². The van der Waals surface area contributed by atoms with E-state index in [4.69, 9.17) is 17.2 Å². The van der Waals surface area contributed by atoms with Gasteiger partial charge < -0.3 is 42.7 Å². The molecule has 0 unspecified atom stereocenters. The number of hydrogen-bond donors (Lipinski definition) is 6. The predicted molar refractivity (Wildman–Crippen MR) is 157 cm³/mol. The summed E-state index contributed by atoms with van der Waals surface area (Å²) in [4.78, 5) is 53.7. The van der Waals surface area contributed by atoms with Crippen molar-refractivity contribution in [3.05, 3.63) is 70.8 Å². The lowest BCUT2D eigenvalue weighted by atomic mass is 9.99. The number of carbonyl (C=O) groups excluding carboxylic acids is 4. The van der Waals surface area contributed by atoms with Crippen molar-refractivity contribution in [1.82, 2.24) is 20.4 Å². The van der Waals surface area contributed by atoms with Gasteiger partial charge in [0.25, 0.3) is 5.91 Å². The highest BCUT2D eigenvalue weighted by Gasteiger charge is 2.35. The molecular formula is C29H37F6N7O5. The molecule has 0 aromatic heterocycles. The van der Waals surface area contributed by atoms with Gasteiger partial charge in [0.05, 0.1) is 23.6 Å². The molecule has 0 fully saturated rings. The van der Waals surface area contributed by atoms with E-state index in [1.807, 2.05) is 0 Å². The third kappa shape index (κ3) is 11.5. The van der Waals surface area contributed by atoms with Crippen molar-refractivity contribution in [2.24, 2.45) is 17.2 Å². The van der Waals surface area contributed by atoms with Crippen LogP contribution in [-0.4, -0.2) is 96.9 Å². The number of rotatable bonds is 15. The molecule has 12 nitrogen and oxygen atoms in total. The van der Waals surface area contributed by atoms with E-state index in [1.165, 1.54) is 11.9 Å². The molecule has 0 heterocycles. The van der Waals surface area contributed by atoms with Gasteiger partial charge in [0.1, 0.15) is 12.1 Å². The van der Waals surface area contributed by atoms with Crippen LogP contribution in [0.1, 0.15) is 39.6 Å². The van der Waals surface area contributed by atoms with E-state index in [1.54, 1.807) is 0 Å². The number of nitrogens with zero attached hydrogens (tertiary/aromatic N) is 2. The van der Waals surface area contributed by atoms with Crippen molar-refractivity contribution in [2.45, 2.75) is 37.0 Å².